The fourth-order valence-corrected chi connectivity index (χ4v) is 3.97. The summed E-state index contributed by atoms with van der Waals surface area (Å²) in [6.45, 7) is -0.408. The lowest BCUT2D eigenvalue weighted by atomic mass is 10.1. The van der Waals surface area contributed by atoms with E-state index in [0.717, 1.165) is 4.90 Å². The van der Waals surface area contributed by atoms with Crippen LogP contribution < -0.4 is 15.6 Å². The number of fused-ring (bicyclic) bond motifs is 2. The minimum absolute atomic E-state index is 0.293. The van der Waals surface area contributed by atoms with Crippen molar-refractivity contribution in [2.45, 2.75) is 0 Å². The molecule has 0 radical (unpaired) electrons. The Balaban J connectivity index is 1.44. The number of benzene rings is 2. The number of nitrogens with one attached hydrogen (secondary N) is 2. The normalized spacial score (nSPS) is 13.0. The Morgan fingerprint density at radius 1 is 1.18 bits per heavy atom. The second-order valence-electron chi connectivity index (χ2n) is 5.86. The van der Waals surface area contributed by atoms with E-state index >= 15 is 0 Å². The topological polar surface area (TPSA) is 101 Å². The maximum atomic E-state index is 12.3. The molecule has 3 aromatic rings. The molecule has 10 heteroatoms. The molecule has 0 fully saturated rings. The van der Waals surface area contributed by atoms with Crippen LogP contribution in [-0.4, -0.2) is 41.3 Å². The van der Waals surface area contributed by atoms with Crippen molar-refractivity contribution in [2.24, 2.45) is 0 Å². The molecule has 2 aromatic carbocycles. The van der Waals surface area contributed by atoms with E-state index in [-0.39, 0.29) is 0 Å². The van der Waals surface area contributed by atoms with Gasteiger partial charge in [0.1, 0.15) is 17.8 Å². The van der Waals surface area contributed by atoms with E-state index in [1.54, 1.807) is 36.4 Å². The molecule has 0 bridgehead atoms. The van der Waals surface area contributed by atoms with Crippen molar-refractivity contribution in [1.82, 2.24) is 15.3 Å². The summed E-state index contributed by atoms with van der Waals surface area (Å²) in [5.41, 5.74) is 6.27. The molecule has 0 saturated heterocycles. The number of methoxy groups -OCH3 is 1. The number of hydrazine groups is 1. The number of hydrogen-bond donors (Lipinski definition) is 2. The molecule has 0 unspecified atom stereocenters. The first-order chi connectivity index (χ1) is 13.5. The molecule has 1 aliphatic heterocycles. The van der Waals surface area contributed by atoms with E-state index in [0.29, 0.717) is 37.2 Å². The zero-order valence-electron chi connectivity index (χ0n) is 14.5. The molecular weight excluding hydrogens is 404 g/mol. The minimum atomic E-state index is -0.563. The number of aromatic nitrogens is 1. The van der Waals surface area contributed by atoms with E-state index in [1.165, 1.54) is 18.4 Å². The van der Waals surface area contributed by atoms with Gasteiger partial charge in [0.05, 0.1) is 28.0 Å². The fourth-order valence-electron chi connectivity index (χ4n) is 2.86. The second-order valence-corrected chi connectivity index (χ2v) is 7.27. The average molecular weight is 417 g/mol. The number of carbonyl (C=O) groups excluding carboxylic acids is 3. The number of ether oxygens (including phenoxy) is 1. The van der Waals surface area contributed by atoms with Gasteiger partial charge in [0.15, 0.2) is 0 Å². The quantitative estimate of drug-likeness (QED) is 0.490. The van der Waals surface area contributed by atoms with Gasteiger partial charge in [0.25, 0.3) is 17.7 Å². The molecule has 1 aliphatic rings. The maximum absolute atomic E-state index is 12.3. The van der Waals surface area contributed by atoms with Crippen molar-refractivity contribution in [3.63, 3.8) is 0 Å². The molecular formula is C18H13ClN4O4S. The third-order valence-electron chi connectivity index (χ3n) is 4.17. The summed E-state index contributed by atoms with van der Waals surface area (Å²) in [5, 5.41) is 0.899. The van der Waals surface area contributed by atoms with Crippen LogP contribution in [0.4, 0.5) is 5.13 Å². The van der Waals surface area contributed by atoms with Gasteiger partial charge in [-0.05, 0) is 24.3 Å². The number of carbonyl (C=O) groups is 3. The highest BCUT2D eigenvalue weighted by Crippen LogP contribution is 2.37. The lowest BCUT2D eigenvalue weighted by Gasteiger charge is -2.13. The van der Waals surface area contributed by atoms with E-state index in [9.17, 15) is 14.4 Å². The highest BCUT2D eigenvalue weighted by Gasteiger charge is 2.36. The summed E-state index contributed by atoms with van der Waals surface area (Å²) in [6, 6.07) is 9.86. The zero-order chi connectivity index (χ0) is 19.8. The number of imide groups is 1. The molecule has 2 heterocycles. The molecule has 0 spiro atoms. The van der Waals surface area contributed by atoms with E-state index < -0.39 is 24.3 Å². The van der Waals surface area contributed by atoms with Gasteiger partial charge in [-0.15, -0.1) is 0 Å². The first-order valence-electron chi connectivity index (χ1n) is 8.12. The molecule has 28 heavy (non-hydrogen) atoms. The zero-order valence-corrected chi connectivity index (χ0v) is 16.1. The summed E-state index contributed by atoms with van der Waals surface area (Å²) < 4.78 is 5.96. The van der Waals surface area contributed by atoms with Crippen LogP contribution in [0, 0.1) is 0 Å². The third-order valence-corrected chi connectivity index (χ3v) is 5.60. The number of anilines is 1. The molecule has 0 atom stereocenters. The van der Waals surface area contributed by atoms with Gasteiger partial charge in [-0.1, -0.05) is 35.1 Å². The Bertz CT molecular complexity index is 1090. The summed E-state index contributed by atoms with van der Waals surface area (Å²) in [6.07, 6.45) is 0. The van der Waals surface area contributed by atoms with Gasteiger partial charge in [0.2, 0.25) is 5.13 Å². The highest BCUT2D eigenvalue weighted by atomic mass is 35.5. The van der Waals surface area contributed by atoms with Crippen molar-refractivity contribution in [3.05, 3.63) is 52.5 Å². The number of halogens is 1. The summed E-state index contributed by atoms with van der Waals surface area (Å²) in [4.78, 5) is 42.1. The van der Waals surface area contributed by atoms with E-state index in [1.807, 2.05) is 0 Å². The Morgan fingerprint density at radius 3 is 2.50 bits per heavy atom. The Labute approximate surface area is 168 Å². The average Bonchev–Trinajstić information content (AvgIpc) is 3.23. The number of nitrogens with zero attached hydrogens (tertiary/aromatic N) is 2. The Morgan fingerprint density at radius 2 is 1.86 bits per heavy atom. The fraction of sp³-hybridized carbons (Fsp3) is 0.111. The number of thiazole rings is 1. The van der Waals surface area contributed by atoms with Crippen molar-refractivity contribution < 1.29 is 19.1 Å². The van der Waals surface area contributed by atoms with Gasteiger partial charge >= 0.3 is 0 Å². The van der Waals surface area contributed by atoms with Crippen LogP contribution in [0.5, 0.6) is 5.75 Å². The Hall–Kier alpha value is -3.17. The van der Waals surface area contributed by atoms with Crippen LogP contribution >= 0.6 is 22.9 Å². The maximum Gasteiger partial charge on any atom is 0.262 e. The van der Waals surface area contributed by atoms with Gasteiger partial charge in [-0.3, -0.25) is 30.1 Å². The standard InChI is InChI=1S/C18H13ClN4O4S/c1-27-12-7-6-11(19)15-14(12)20-18(28-15)22-21-13(24)8-23-16(25)9-4-2-3-5-10(9)17(23)26/h2-7H,8H2,1H3,(H,20,22)(H,21,24). The van der Waals surface area contributed by atoms with E-state index in [2.05, 4.69) is 15.8 Å². The van der Waals surface area contributed by atoms with Crippen LogP contribution in [0.1, 0.15) is 20.7 Å². The molecule has 4 rings (SSSR count). The van der Waals surface area contributed by atoms with Crippen LogP contribution in [0.2, 0.25) is 5.02 Å². The van der Waals surface area contributed by atoms with Crippen LogP contribution in [0.15, 0.2) is 36.4 Å². The molecule has 1 aromatic heterocycles. The van der Waals surface area contributed by atoms with Crippen molar-refractivity contribution in [2.75, 3.05) is 19.1 Å². The minimum Gasteiger partial charge on any atom is -0.494 e. The largest absolute Gasteiger partial charge is 0.494 e. The summed E-state index contributed by atoms with van der Waals surface area (Å²) >= 11 is 7.40. The molecule has 0 aliphatic carbocycles. The molecule has 3 amide bonds. The molecule has 8 nitrogen and oxygen atoms in total. The number of hydrogen-bond acceptors (Lipinski definition) is 7. The second kappa shape index (κ2) is 7.10. The van der Waals surface area contributed by atoms with Crippen molar-refractivity contribution in [1.29, 1.82) is 0 Å². The number of amides is 3. The van der Waals surface area contributed by atoms with Gasteiger partial charge in [-0.25, -0.2) is 4.98 Å². The van der Waals surface area contributed by atoms with Crippen molar-refractivity contribution >= 4 is 56.0 Å². The number of rotatable bonds is 5. The SMILES string of the molecule is COc1ccc(Cl)c2sc(NNC(=O)CN3C(=O)c4ccccc4C3=O)nc12. The predicted molar refractivity (Wildman–Crippen MR) is 105 cm³/mol. The monoisotopic (exact) mass is 416 g/mol. The smallest absolute Gasteiger partial charge is 0.262 e. The molecule has 142 valence electrons. The highest BCUT2D eigenvalue weighted by molar-refractivity contribution is 7.22. The summed E-state index contributed by atoms with van der Waals surface area (Å²) in [7, 11) is 1.53. The summed E-state index contributed by atoms with van der Waals surface area (Å²) in [5.74, 6) is -0.993. The van der Waals surface area contributed by atoms with Gasteiger partial charge < -0.3 is 4.74 Å². The lowest BCUT2D eigenvalue weighted by molar-refractivity contribution is -0.120. The first-order valence-corrected chi connectivity index (χ1v) is 9.32. The first kappa shape index (κ1) is 18.2. The van der Waals surface area contributed by atoms with Crippen LogP contribution in [-0.2, 0) is 4.79 Å². The van der Waals surface area contributed by atoms with E-state index in [4.69, 9.17) is 16.3 Å². The molecule has 0 saturated carbocycles. The van der Waals surface area contributed by atoms with Crippen molar-refractivity contribution in [3.8, 4) is 5.75 Å². The van der Waals surface area contributed by atoms with Gasteiger partial charge in [-0.2, -0.15) is 0 Å². The predicted octanol–water partition coefficient (Wildman–Crippen LogP) is 2.70. The van der Waals surface area contributed by atoms with Gasteiger partial charge in [0, 0.05) is 0 Å². The third kappa shape index (κ3) is 3.04. The Kier molecular flexibility index (Phi) is 4.62. The van der Waals surface area contributed by atoms with Crippen LogP contribution in [0.3, 0.4) is 0 Å². The lowest BCUT2D eigenvalue weighted by Crippen LogP contribution is -2.42. The van der Waals surface area contributed by atoms with Crippen LogP contribution in [0.25, 0.3) is 10.2 Å². The molecule has 2 N–H and O–H groups in total.